The summed E-state index contributed by atoms with van der Waals surface area (Å²) in [5.74, 6) is 0. The molecule has 0 saturated heterocycles. The molecule has 1 N–H and O–H groups in total. The smallest absolute Gasteiger partial charge is 0.240 e. The van der Waals surface area contributed by atoms with Gasteiger partial charge in [-0.15, -0.1) is 0 Å². The van der Waals surface area contributed by atoms with Gasteiger partial charge in [-0.3, -0.25) is 0 Å². The first-order valence-corrected chi connectivity index (χ1v) is 8.42. The Kier molecular flexibility index (Phi) is 5.41. The van der Waals surface area contributed by atoms with Crippen molar-refractivity contribution in [2.75, 3.05) is 6.54 Å². The molecule has 0 amide bonds. The van der Waals surface area contributed by atoms with Gasteiger partial charge in [-0.2, -0.15) is 0 Å². The fraction of sp³-hybridized carbons (Fsp3) is 0.333. The fourth-order valence-corrected chi connectivity index (χ4v) is 3.03. The Hall–Kier alpha value is -1.79. The molecule has 1 aromatic carbocycles. The molecule has 0 radical (unpaired) electrons. The van der Waals surface area contributed by atoms with Crippen molar-refractivity contribution in [3.05, 3.63) is 54.1 Å². The van der Waals surface area contributed by atoms with Gasteiger partial charge in [0, 0.05) is 18.9 Å². The van der Waals surface area contributed by atoms with Gasteiger partial charge in [0.05, 0.1) is 4.90 Å². The van der Waals surface area contributed by atoms with Crippen LogP contribution in [0.3, 0.4) is 0 Å². The molecule has 1 heterocycles. The molecular formula is C15H19N3O2S. The van der Waals surface area contributed by atoms with Crippen molar-refractivity contribution in [3.8, 4) is 0 Å². The van der Waals surface area contributed by atoms with Crippen molar-refractivity contribution in [3.63, 3.8) is 0 Å². The zero-order valence-electron chi connectivity index (χ0n) is 12.0. The van der Waals surface area contributed by atoms with Crippen molar-refractivity contribution in [1.29, 1.82) is 0 Å². The lowest BCUT2D eigenvalue weighted by Gasteiger charge is -2.07. The Balaban J connectivity index is 1.95. The number of hydrogen-bond acceptors (Lipinski definition) is 4. The third kappa shape index (κ3) is 4.61. The molecule has 2 aromatic rings. The third-order valence-corrected chi connectivity index (χ3v) is 4.57. The lowest BCUT2D eigenvalue weighted by Crippen LogP contribution is -2.26. The van der Waals surface area contributed by atoms with Gasteiger partial charge in [-0.05, 0) is 36.1 Å². The number of benzene rings is 1. The van der Waals surface area contributed by atoms with E-state index in [1.165, 1.54) is 6.33 Å². The lowest BCUT2D eigenvalue weighted by atomic mass is 10.1. The molecule has 0 saturated carbocycles. The van der Waals surface area contributed by atoms with E-state index in [0.29, 0.717) is 17.9 Å². The Morgan fingerprint density at radius 1 is 1.00 bits per heavy atom. The number of aromatic nitrogens is 2. The molecule has 0 fully saturated rings. The van der Waals surface area contributed by atoms with Gasteiger partial charge in [-0.1, -0.05) is 25.5 Å². The van der Waals surface area contributed by atoms with Crippen molar-refractivity contribution in [2.24, 2.45) is 0 Å². The summed E-state index contributed by atoms with van der Waals surface area (Å²) < 4.78 is 26.9. The second-order valence-corrected chi connectivity index (χ2v) is 6.56. The van der Waals surface area contributed by atoms with Gasteiger partial charge < -0.3 is 0 Å². The fourth-order valence-electron chi connectivity index (χ4n) is 2.00. The molecule has 0 aliphatic carbocycles. The molecule has 21 heavy (non-hydrogen) atoms. The predicted octanol–water partition coefficient (Wildman–Crippen LogP) is 1.95. The van der Waals surface area contributed by atoms with E-state index in [1.54, 1.807) is 24.5 Å². The van der Waals surface area contributed by atoms with Gasteiger partial charge >= 0.3 is 0 Å². The summed E-state index contributed by atoms with van der Waals surface area (Å²) in [5, 5.41) is 0. The molecule has 2 rings (SSSR count). The van der Waals surface area contributed by atoms with E-state index in [9.17, 15) is 8.42 Å². The van der Waals surface area contributed by atoms with E-state index in [4.69, 9.17) is 0 Å². The normalized spacial score (nSPS) is 11.5. The summed E-state index contributed by atoms with van der Waals surface area (Å²) >= 11 is 0. The number of hydrogen-bond donors (Lipinski definition) is 1. The zero-order chi connectivity index (χ0) is 15.1. The topological polar surface area (TPSA) is 72.0 Å². The van der Waals surface area contributed by atoms with Crippen LogP contribution in [0.4, 0.5) is 0 Å². The number of sulfonamides is 1. The van der Waals surface area contributed by atoms with E-state index in [2.05, 4.69) is 21.6 Å². The molecule has 6 heteroatoms. The lowest BCUT2D eigenvalue weighted by molar-refractivity contribution is 0.581. The van der Waals surface area contributed by atoms with E-state index < -0.39 is 10.0 Å². The Morgan fingerprint density at radius 3 is 2.29 bits per heavy atom. The van der Waals surface area contributed by atoms with Gasteiger partial charge in [-0.25, -0.2) is 23.1 Å². The molecule has 0 aliphatic heterocycles. The summed E-state index contributed by atoms with van der Waals surface area (Å²) in [7, 11) is -3.45. The first kappa shape index (κ1) is 15.6. The van der Waals surface area contributed by atoms with Crippen molar-refractivity contribution >= 4 is 10.0 Å². The Labute approximate surface area is 125 Å². The highest BCUT2D eigenvalue weighted by Gasteiger charge is 2.12. The maximum absolute atomic E-state index is 12.1. The van der Waals surface area contributed by atoms with Crippen LogP contribution in [0.5, 0.6) is 0 Å². The minimum absolute atomic E-state index is 0.298. The Bertz CT molecular complexity index is 655. The monoisotopic (exact) mass is 305 g/mol. The van der Waals surface area contributed by atoms with Crippen LogP contribution in [0.2, 0.25) is 0 Å². The zero-order valence-corrected chi connectivity index (χ0v) is 12.8. The molecule has 5 nitrogen and oxygen atoms in total. The quantitative estimate of drug-likeness (QED) is 0.848. The highest BCUT2D eigenvalue weighted by atomic mass is 32.2. The maximum Gasteiger partial charge on any atom is 0.240 e. The standard InChI is InChI=1S/C15H19N3O2S/c1-2-3-13-4-6-15(7-5-13)21(19,20)18-9-8-14-10-16-12-17-11-14/h4-7,10-12,18H,2-3,8-9H2,1H3. The third-order valence-electron chi connectivity index (χ3n) is 3.09. The minimum Gasteiger partial charge on any atom is -0.245 e. The minimum atomic E-state index is -3.45. The average molecular weight is 305 g/mol. The van der Waals surface area contributed by atoms with Crippen molar-refractivity contribution < 1.29 is 8.42 Å². The average Bonchev–Trinajstić information content (AvgIpc) is 2.49. The molecular weight excluding hydrogens is 286 g/mol. The van der Waals surface area contributed by atoms with Crippen molar-refractivity contribution in [2.45, 2.75) is 31.1 Å². The highest BCUT2D eigenvalue weighted by molar-refractivity contribution is 7.89. The second-order valence-electron chi connectivity index (χ2n) is 4.79. The number of rotatable bonds is 7. The van der Waals surface area contributed by atoms with Crippen LogP contribution >= 0.6 is 0 Å². The van der Waals surface area contributed by atoms with E-state index >= 15 is 0 Å². The molecule has 1 aromatic heterocycles. The maximum atomic E-state index is 12.1. The first-order chi connectivity index (χ1) is 10.1. The predicted molar refractivity (Wildman–Crippen MR) is 81.4 cm³/mol. The van der Waals surface area contributed by atoms with Crippen LogP contribution in [0.1, 0.15) is 24.5 Å². The SMILES string of the molecule is CCCc1ccc(S(=O)(=O)NCCc2cncnc2)cc1. The van der Waals surface area contributed by atoms with E-state index in [1.807, 2.05) is 12.1 Å². The molecule has 0 atom stereocenters. The first-order valence-electron chi connectivity index (χ1n) is 6.94. The summed E-state index contributed by atoms with van der Waals surface area (Å²) in [6.07, 6.45) is 7.38. The number of nitrogens with one attached hydrogen (secondary N) is 1. The van der Waals surface area contributed by atoms with Crippen LogP contribution in [-0.2, 0) is 22.9 Å². The summed E-state index contributed by atoms with van der Waals surface area (Å²) in [4.78, 5) is 8.09. The second kappa shape index (κ2) is 7.28. The largest absolute Gasteiger partial charge is 0.245 e. The Morgan fingerprint density at radius 2 is 1.67 bits per heavy atom. The van der Waals surface area contributed by atoms with Crippen molar-refractivity contribution in [1.82, 2.24) is 14.7 Å². The van der Waals surface area contributed by atoms with Crippen LogP contribution < -0.4 is 4.72 Å². The van der Waals surface area contributed by atoms with Crippen LogP contribution in [0, 0.1) is 0 Å². The highest BCUT2D eigenvalue weighted by Crippen LogP contribution is 2.11. The molecule has 0 spiro atoms. The summed E-state index contributed by atoms with van der Waals surface area (Å²) in [6, 6.07) is 7.03. The van der Waals surface area contributed by atoms with Gasteiger partial charge in [0.1, 0.15) is 6.33 Å². The molecule has 0 bridgehead atoms. The van der Waals surface area contributed by atoms with Gasteiger partial charge in [0.15, 0.2) is 0 Å². The molecule has 0 unspecified atom stereocenters. The van der Waals surface area contributed by atoms with E-state index in [0.717, 1.165) is 24.0 Å². The van der Waals surface area contributed by atoms with E-state index in [-0.39, 0.29) is 0 Å². The number of aryl methyl sites for hydroxylation is 1. The van der Waals surface area contributed by atoms with Crippen LogP contribution in [0.25, 0.3) is 0 Å². The summed E-state index contributed by atoms with van der Waals surface area (Å²) in [5.41, 5.74) is 2.05. The number of nitrogens with zero attached hydrogens (tertiary/aromatic N) is 2. The van der Waals surface area contributed by atoms with Crippen LogP contribution in [0.15, 0.2) is 47.9 Å². The van der Waals surface area contributed by atoms with Crippen LogP contribution in [-0.4, -0.2) is 24.9 Å². The van der Waals surface area contributed by atoms with Gasteiger partial charge in [0.25, 0.3) is 0 Å². The molecule has 0 aliphatic rings. The molecule has 112 valence electrons. The summed E-state index contributed by atoms with van der Waals surface area (Å²) in [6.45, 7) is 2.42. The van der Waals surface area contributed by atoms with Gasteiger partial charge in [0.2, 0.25) is 10.0 Å².